The third-order valence-corrected chi connectivity index (χ3v) is 14.1. The molecule has 1 fully saturated rings. The number of carbonyl (C=O) groups is 7. The molecule has 20 heteroatoms. The summed E-state index contributed by atoms with van der Waals surface area (Å²) in [5.74, 6) is -4.44. The highest BCUT2D eigenvalue weighted by Crippen LogP contribution is 2.23. The Kier molecular flexibility index (Phi) is 21.8. The number of aliphatic imine (C=N–C) groups is 1. The highest BCUT2D eigenvalue weighted by molar-refractivity contribution is 5.98. The number of rotatable bonds is 28. The summed E-state index contributed by atoms with van der Waals surface area (Å²) in [6.45, 7) is 6.24. The monoisotopic (exact) mass is 1110 g/mol. The Bertz CT molecular complexity index is 3140. The molecule has 5 aromatic carbocycles. The largest absolute Gasteiger partial charge is 0.508 e. The fourth-order valence-corrected chi connectivity index (χ4v) is 10.1. The summed E-state index contributed by atoms with van der Waals surface area (Å²) < 4.78 is 6.05. The predicted octanol–water partition coefficient (Wildman–Crippen LogP) is 3.92. The molecule has 1 aromatic heterocycles. The summed E-state index contributed by atoms with van der Waals surface area (Å²) in [4.78, 5) is 109. The van der Waals surface area contributed by atoms with Crippen LogP contribution in [0, 0.1) is 5.92 Å². The van der Waals surface area contributed by atoms with E-state index in [-0.39, 0.29) is 75.4 Å². The van der Waals surface area contributed by atoms with Gasteiger partial charge in [0.15, 0.2) is 5.96 Å². The lowest BCUT2D eigenvalue weighted by Gasteiger charge is -2.30. The molecule has 2 heterocycles. The second-order valence-electron chi connectivity index (χ2n) is 20.8. The lowest BCUT2D eigenvalue weighted by Crippen LogP contribution is -2.60. The predicted molar refractivity (Wildman–Crippen MR) is 310 cm³/mol. The van der Waals surface area contributed by atoms with E-state index in [0.717, 1.165) is 32.8 Å². The Morgan fingerprint density at radius 3 is 2.04 bits per heavy atom. The number of aromatic amines is 1. The van der Waals surface area contributed by atoms with Gasteiger partial charge in [0.2, 0.25) is 41.4 Å². The number of para-hydroxylation sites is 1. The van der Waals surface area contributed by atoms with Gasteiger partial charge in [0, 0.05) is 49.6 Å². The molecule has 7 rings (SSSR count). The van der Waals surface area contributed by atoms with Crippen molar-refractivity contribution >= 4 is 69.0 Å². The van der Waals surface area contributed by atoms with Crippen LogP contribution in [0.1, 0.15) is 75.1 Å². The fraction of sp³-hybridized carbons (Fsp3) is 0.377. The number of nitrogens with two attached hydrogens (primary N) is 2. The van der Waals surface area contributed by atoms with Gasteiger partial charge >= 0.3 is 0 Å². The summed E-state index contributed by atoms with van der Waals surface area (Å²) >= 11 is 0. The van der Waals surface area contributed by atoms with Crippen molar-refractivity contribution in [3.05, 3.63) is 150 Å². The summed E-state index contributed by atoms with van der Waals surface area (Å²) in [6, 6.07) is 29.1. The molecule has 1 aliphatic heterocycles. The number of hydrogen-bond acceptors (Lipinski definition) is 10. The molecular weight excluding hydrogens is 1030 g/mol. The highest BCUT2D eigenvalue weighted by atomic mass is 16.5. The van der Waals surface area contributed by atoms with E-state index in [2.05, 4.69) is 41.9 Å². The molecule has 0 spiro atoms. The first-order valence-corrected chi connectivity index (χ1v) is 27.6. The van der Waals surface area contributed by atoms with Crippen LogP contribution >= 0.6 is 0 Å². The van der Waals surface area contributed by atoms with Crippen molar-refractivity contribution in [3.63, 3.8) is 0 Å². The van der Waals surface area contributed by atoms with E-state index in [1.54, 1.807) is 25.3 Å². The smallest absolute Gasteiger partial charge is 0.245 e. The molecule has 428 valence electrons. The van der Waals surface area contributed by atoms with Crippen LogP contribution in [0.5, 0.6) is 5.75 Å². The van der Waals surface area contributed by atoms with Crippen LogP contribution < -0.4 is 43.4 Å². The summed E-state index contributed by atoms with van der Waals surface area (Å²) in [6.07, 6.45) is 3.07. The first-order chi connectivity index (χ1) is 39.1. The number of H-pyrrole nitrogens is 1. The molecule has 0 bridgehead atoms. The van der Waals surface area contributed by atoms with Gasteiger partial charge < -0.3 is 63.1 Å². The number of benzene rings is 5. The number of likely N-dealkylation sites (N-methyl/N-ethyl adjacent to an activating group) is 1. The maximum Gasteiger partial charge on any atom is 0.245 e. The average Bonchev–Trinajstić information content (AvgIpc) is 4.16. The quantitative estimate of drug-likeness (QED) is 0.0191. The topological polar surface area (TPSA) is 305 Å². The van der Waals surface area contributed by atoms with Crippen LogP contribution in [-0.2, 0) is 64.2 Å². The first-order valence-electron chi connectivity index (χ1n) is 27.6. The molecule has 1 saturated heterocycles. The molecule has 1 unspecified atom stereocenters. The number of nitrogens with one attached hydrogen (secondary N) is 7. The van der Waals surface area contributed by atoms with Crippen LogP contribution in [0.15, 0.2) is 133 Å². The van der Waals surface area contributed by atoms with Gasteiger partial charge in [-0.3, -0.25) is 38.6 Å². The number of ether oxygens (including phenoxy) is 1. The van der Waals surface area contributed by atoms with E-state index in [1.807, 2.05) is 111 Å². The maximum atomic E-state index is 15.0. The van der Waals surface area contributed by atoms with Gasteiger partial charge in [0.25, 0.3) is 0 Å². The minimum atomic E-state index is -1.37. The van der Waals surface area contributed by atoms with E-state index < -0.39 is 71.7 Å². The number of hydrogen-bond donors (Lipinski definition) is 10. The van der Waals surface area contributed by atoms with E-state index >= 15 is 9.59 Å². The van der Waals surface area contributed by atoms with Gasteiger partial charge in [-0.25, -0.2) is 0 Å². The molecule has 0 saturated carbocycles. The Hall–Kier alpha value is -8.78. The maximum absolute atomic E-state index is 15.0. The van der Waals surface area contributed by atoms with Gasteiger partial charge in [-0.2, -0.15) is 0 Å². The fourth-order valence-electron chi connectivity index (χ4n) is 10.1. The van der Waals surface area contributed by atoms with Crippen LogP contribution in [-0.4, -0.2) is 125 Å². The van der Waals surface area contributed by atoms with Gasteiger partial charge in [-0.1, -0.05) is 117 Å². The van der Waals surface area contributed by atoms with Crippen molar-refractivity contribution in [1.82, 2.24) is 41.8 Å². The minimum absolute atomic E-state index is 0.0231. The molecule has 6 atom stereocenters. The number of guanidine groups is 1. The number of likely N-dealkylation sites (tertiary alicyclic amines) is 1. The second kappa shape index (κ2) is 29.4. The van der Waals surface area contributed by atoms with E-state index in [1.165, 1.54) is 17.0 Å². The lowest BCUT2D eigenvalue weighted by atomic mass is 9.99. The first kappa shape index (κ1) is 59.9. The lowest BCUT2D eigenvalue weighted by molar-refractivity contribution is -0.142. The third kappa shape index (κ3) is 17.4. The van der Waals surface area contributed by atoms with E-state index in [4.69, 9.17) is 16.2 Å². The van der Waals surface area contributed by atoms with Crippen molar-refractivity contribution in [2.45, 2.75) is 115 Å². The molecule has 12 N–H and O–H groups in total. The van der Waals surface area contributed by atoms with Crippen LogP contribution in [0.2, 0.25) is 0 Å². The molecule has 1 aliphatic rings. The van der Waals surface area contributed by atoms with E-state index in [9.17, 15) is 29.1 Å². The van der Waals surface area contributed by atoms with Gasteiger partial charge in [0.05, 0.1) is 19.6 Å². The summed E-state index contributed by atoms with van der Waals surface area (Å²) in [5.41, 5.74) is 14.7. The Balaban J connectivity index is 1.16. The zero-order valence-corrected chi connectivity index (χ0v) is 46.1. The van der Waals surface area contributed by atoms with Gasteiger partial charge in [-0.05, 0) is 96.2 Å². The zero-order chi connectivity index (χ0) is 57.8. The third-order valence-electron chi connectivity index (χ3n) is 14.1. The summed E-state index contributed by atoms with van der Waals surface area (Å²) in [5, 5.41) is 30.0. The number of aromatic nitrogens is 1. The normalized spacial score (nSPS) is 15.0. The van der Waals surface area contributed by atoms with Crippen LogP contribution in [0.3, 0.4) is 0 Å². The van der Waals surface area contributed by atoms with Gasteiger partial charge in [0.1, 0.15) is 42.0 Å². The number of phenolic OH excluding ortho intramolecular Hbond substituents is 1. The zero-order valence-electron chi connectivity index (χ0n) is 46.1. The molecule has 0 radical (unpaired) electrons. The molecule has 20 nitrogen and oxygen atoms in total. The molecule has 7 amide bonds. The number of carbonyl (C=O) groups excluding carboxylic acids is 7. The minimum Gasteiger partial charge on any atom is -0.508 e. The van der Waals surface area contributed by atoms with Crippen molar-refractivity contribution in [3.8, 4) is 5.75 Å². The number of fused-ring (bicyclic) bond motifs is 2. The van der Waals surface area contributed by atoms with Crippen LogP contribution in [0.4, 0.5) is 0 Å². The number of amides is 7. The Labute approximate surface area is 471 Å². The van der Waals surface area contributed by atoms with Crippen molar-refractivity contribution < 1.29 is 43.4 Å². The van der Waals surface area contributed by atoms with Crippen LogP contribution in [0.25, 0.3) is 21.7 Å². The number of phenols is 1. The summed E-state index contributed by atoms with van der Waals surface area (Å²) in [7, 11) is 0. The highest BCUT2D eigenvalue weighted by Gasteiger charge is 2.39. The SMILES string of the molecule is CCNC(=O)C1CCCN1C(=O)[C@H](CCCN=C(N)N)NC(=O)[C@H](CC(C)C)NC(=O)[C@@H](Cc1c[nH]c2ccccc12)NC(=O)[C@H](Cc1ccc(O)cc1)NC(=O)[C@H](COCc1ccccc1)NC(=O)Cc1cccc2ccccc12. The van der Waals surface area contributed by atoms with Crippen molar-refractivity contribution in [2.75, 3.05) is 26.2 Å². The molecule has 6 aromatic rings. The van der Waals surface area contributed by atoms with E-state index in [0.29, 0.717) is 43.5 Å². The number of nitrogens with zero attached hydrogens (tertiary/aromatic N) is 2. The Morgan fingerprint density at radius 1 is 0.691 bits per heavy atom. The number of aromatic hydroxyl groups is 1. The molecule has 81 heavy (non-hydrogen) atoms. The molecule has 0 aliphatic carbocycles. The standard InChI is InChI=1S/C61H75N11O9/c1-4-64-59(79)53-24-14-30-72(53)60(80)48(23-13-29-65-61(62)63)68-55(75)49(31-38(2)3)69-57(77)51(33-43-35-66-47-22-11-10-21-46(43)47)71-56(76)50(32-39-25-27-44(73)28-26-39)70-58(78)52(37-81-36-40-15-6-5-7-16-40)67-54(74)34-42-19-12-18-41-17-8-9-20-45(41)42/h5-12,15-22,25-28,35,38,48-53,66,73H,4,13-14,23-24,29-34,36-37H2,1-3H3,(H,64,79)(H,67,74)(H,68,75)(H,69,77)(H,70,78)(H,71,76)(H4,62,63,65)/t48-,49-,50-,51+,52-,53?/m0/s1. The second-order valence-corrected chi connectivity index (χ2v) is 20.8. The van der Waals surface area contributed by atoms with Crippen molar-refractivity contribution in [2.24, 2.45) is 22.4 Å². The molecular formula is C61H75N11O9. The van der Waals surface area contributed by atoms with Crippen molar-refractivity contribution in [1.29, 1.82) is 0 Å². The average molecular weight is 1110 g/mol. The Morgan fingerprint density at radius 2 is 1.32 bits per heavy atom. The van der Waals surface area contributed by atoms with Gasteiger partial charge in [-0.15, -0.1) is 0 Å².